The molecule has 0 saturated carbocycles. The number of hydrogen-bond acceptors (Lipinski definition) is 5. The van der Waals surface area contributed by atoms with Crippen LogP contribution in [0.3, 0.4) is 0 Å². The quantitative estimate of drug-likeness (QED) is 0.566. The van der Waals surface area contributed by atoms with Crippen LogP contribution in [0.5, 0.6) is 0 Å². The zero-order chi connectivity index (χ0) is 13.3. The first-order valence-electron chi connectivity index (χ1n) is 5.29. The second-order valence-electron chi connectivity index (χ2n) is 3.57. The average Bonchev–Trinajstić information content (AvgIpc) is 2.30. The van der Waals surface area contributed by atoms with Crippen LogP contribution in [0, 0.1) is 0 Å². The average molecular weight is 280 g/mol. The monoisotopic (exact) mass is 280 g/mol. The number of nitrogens with one attached hydrogen (secondary N) is 1. The first-order valence-corrected chi connectivity index (χ1v) is 8.08. The predicted octanol–water partition coefficient (Wildman–Crippen LogP) is 0.389. The van der Waals surface area contributed by atoms with E-state index in [0.29, 0.717) is 18.6 Å². The molecule has 0 bridgehead atoms. The zero-order valence-corrected chi connectivity index (χ0v) is 11.8. The van der Waals surface area contributed by atoms with E-state index in [1.165, 1.54) is 0 Å². The molecule has 4 N–H and O–H groups in total. The first-order chi connectivity index (χ1) is 8.02. The minimum absolute atomic E-state index is 0.382. The molecule has 100 valence electrons. The number of hydrogen-bond donors (Lipinski definition) is 3. The molecule has 0 unspecified atom stereocenters. The smallest absolute Gasteiger partial charge is 0.326 e. The highest BCUT2D eigenvalue weighted by molar-refractivity contribution is 7.98. The van der Waals surface area contributed by atoms with Crippen molar-refractivity contribution in [2.24, 2.45) is 5.73 Å². The molecule has 2 atom stereocenters. The van der Waals surface area contributed by atoms with E-state index in [0.717, 1.165) is 5.75 Å². The lowest BCUT2D eigenvalue weighted by molar-refractivity contribution is -0.142. The number of carbonyl (C=O) groups is 2. The van der Waals surface area contributed by atoms with E-state index in [1.54, 1.807) is 23.5 Å². The molecule has 1 amide bonds. The van der Waals surface area contributed by atoms with E-state index >= 15 is 0 Å². The fourth-order valence-corrected chi connectivity index (χ4v) is 2.11. The Morgan fingerprint density at radius 2 is 1.76 bits per heavy atom. The van der Waals surface area contributed by atoms with Gasteiger partial charge in [0.25, 0.3) is 0 Å². The molecular weight excluding hydrogens is 260 g/mol. The summed E-state index contributed by atoms with van der Waals surface area (Å²) in [6, 6.07) is -1.46. The molecule has 0 spiro atoms. The fraction of sp³-hybridized carbons (Fsp3) is 0.800. The number of aliphatic carboxylic acids is 1. The van der Waals surface area contributed by atoms with Gasteiger partial charge in [-0.1, -0.05) is 0 Å². The van der Waals surface area contributed by atoms with E-state index in [4.69, 9.17) is 10.8 Å². The van der Waals surface area contributed by atoms with Gasteiger partial charge in [-0.3, -0.25) is 4.79 Å². The highest BCUT2D eigenvalue weighted by atomic mass is 32.2. The van der Waals surface area contributed by atoms with Crippen molar-refractivity contribution in [2.45, 2.75) is 24.9 Å². The van der Waals surface area contributed by atoms with Crippen LogP contribution in [-0.2, 0) is 9.59 Å². The van der Waals surface area contributed by atoms with Crippen LogP contribution in [-0.4, -0.2) is 53.1 Å². The summed E-state index contributed by atoms with van der Waals surface area (Å²) in [5, 5.41) is 11.4. The number of thioether (sulfide) groups is 2. The Hall–Kier alpha value is -0.400. The molecular formula is C10H20N2O3S2. The largest absolute Gasteiger partial charge is 0.480 e. The van der Waals surface area contributed by atoms with Crippen LogP contribution in [0.1, 0.15) is 12.8 Å². The number of carbonyl (C=O) groups excluding carboxylic acids is 1. The summed E-state index contributed by atoms with van der Waals surface area (Å²) in [5.41, 5.74) is 5.66. The number of nitrogens with two attached hydrogens (primary N) is 1. The van der Waals surface area contributed by atoms with Crippen LogP contribution in [0.2, 0.25) is 0 Å². The molecule has 0 aliphatic heterocycles. The highest BCUT2D eigenvalue weighted by Gasteiger charge is 2.22. The van der Waals surface area contributed by atoms with Gasteiger partial charge in [0.2, 0.25) is 5.91 Å². The summed E-state index contributed by atoms with van der Waals surface area (Å²) < 4.78 is 0. The molecule has 0 heterocycles. The van der Waals surface area contributed by atoms with Crippen LogP contribution >= 0.6 is 23.5 Å². The lowest BCUT2D eigenvalue weighted by atomic mass is 10.2. The number of rotatable bonds is 9. The molecule has 5 nitrogen and oxygen atoms in total. The van der Waals surface area contributed by atoms with Crippen molar-refractivity contribution in [1.29, 1.82) is 0 Å². The standard InChI is InChI=1S/C10H20N2O3S2/c1-16-5-3-7(11)9(13)12-8(10(14)15)4-6-17-2/h7-8H,3-6,11H2,1-2H3,(H,12,13)(H,14,15)/t7-,8+/m0/s1. The van der Waals surface area contributed by atoms with Crippen molar-refractivity contribution >= 4 is 35.4 Å². The van der Waals surface area contributed by atoms with E-state index in [1.807, 2.05) is 12.5 Å². The molecule has 0 aliphatic rings. The van der Waals surface area contributed by atoms with Gasteiger partial charge in [-0.05, 0) is 36.9 Å². The molecule has 0 aromatic rings. The Balaban J connectivity index is 4.15. The maximum Gasteiger partial charge on any atom is 0.326 e. The van der Waals surface area contributed by atoms with E-state index in [2.05, 4.69) is 5.32 Å². The minimum Gasteiger partial charge on any atom is -0.480 e. The molecule has 0 fully saturated rings. The Labute approximate surface area is 110 Å². The number of carboxylic acid groups (broad SMARTS) is 1. The summed E-state index contributed by atoms with van der Waals surface area (Å²) in [6.45, 7) is 0. The Morgan fingerprint density at radius 3 is 2.24 bits per heavy atom. The van der Waals surface area contributed by atoms with E-state index in [-0.39, 0.29) is 5.91 Å². The second-order valence-corrected chi connectivity index (χ2v) is 5.54. The lowest BCUT2D eigenvalue weighted by Gasteiger charge is -2.17. The zero-order valence-electron chi connectivity index (χ0n) is 10.1. The lowest BCUT2D eigenvalue weighted by Crippen LogP contribution is -2.48. The second kappa shape index (κ2) is 9.61. The SMILES string of the molecule is CSCC[C@H](N)C(=O)N[C@H](CCSC)C(=O)O. The van der Waals surface area contributed by atoms with Gasteiger partial charge >= 0.3 is 5.97 Å². The van der Waals surface area contributed by atoms with Crippen LogP contribution in [0.4, 0.5) is 0 Å². The van der Waals surface area contributed by atoms with Crippen molar-refractivity contribution in [3.8, 4) is 0 Å². The first kappa shape index (κ1) is 16.6. The van der Waals surface area contributed by atoms with Gasteiger partial charge in [0, 0.05) is 0 Å². The molecule has 0 aromatic heterocycles. The van der Waals surface area contributed by atoms with Crippen molar-refractivity contribution in [3.63, 3.8) is 0 Å². The van der Waals surface area contributed by atoms with Gasteiger partial charge in [0.15, 0.2) is 0 Å². The Morgan fingerprint density at radius 1 is 1.24 bits per heavy atom. The predicted molar refractivity (Wildman–Crippen MR) is 73.5 cm³/mol. The molecule has 7 heteroatoms. The maximum atomic E-state index is 11.6. The number of amides is 1. The van der Waals surface area contributed by atoms with Crippen molar-refractivity contribution in [1.82, 2.24) is 5.32 Å². The van der Waals surface area contributed by atoms with Gasteiger partial charge in [-0.15, -0.1) is 0 Å². The van der Waals surface area contributed by atoms with Gasteiger partial charge < -0.3 is 16.2 Å². The van der Waals surface area contributed by atoms with Gasteiger partial charge in [0.1, 0.15) is 6.04 Å². The fourth-order valence-electron chi connectivity index (χ4n) is 1.15. The van der Waals surface area contributed by atoms with Crippen molar-refractivity contribution < 1.29 is 14.7 Å². The molecule has 0 radical (unpaired) electrons. The highest BCUT2D eigenvalue weighted by Crippen LogP contribution is 2.03. The van der Waals surface area contributed by atoms with Gasteiger partial charge in [0.05, 0.1) is 6.04 Å². The van der Waals surface area contributed by atoms with Gasteiger partial charge in [-0.2, -0.15) is 23.5 Å². The summed E-state index contributed by atoms with van der Waals surface area (Å²) >= 11 is 3.15. The summed E-state index contributed by atoms with van der Waals surface area (Å²) in [6.07, 6.45) is 4.80. The summed E-state index contributed by atoms with van der Waals surface area (Å²) in [7, 11) is 0. The van der Waals surface area contributed by atoms with E-state index in [9.17, 15) is 9.59 Å². The Kier molecular flexibility index (Phi) is 9.39. The van der Waals surface area contributed by atoms with Crippen LogP contribution in [0.25, 0.3) is 0 Å². The van der Waals surface area contributed by atoms with Crippen molar-refractivity contribution in [2.75, 3.05) is 24.0 Å². The Bertz CT molecular complexity index is 252. The molecule has 0 aliphatic carbocycles. The minimum atomic E-state index is -1.01. The molecule has 0 rings (SSSR count). The number of carboxylic acids is 1. The van der Waals surface area contributed by atoms with Gasteiger partial charge in [-0.25, -0.2) is 4.79 Å². The van der Waals surface area contributed by atoms with Crippen molar-refractivity contribution in [3.05, 3.63) is 0 Å². The molecule has 0 aromatic carbocycles. The summed E-state index contributed by atoms with van der Waals surface area (Å²) in [4.78, 5) is 22.5. The normalized spacial score (nSPS) is 14.1. The topological polar surface area (TPSA) is 92.4 Å². The third-order valence-electron chi connectivity index (χ3n) is 2.19. The van der Waals surface area contributed by atoms with Crippen LogP contribution in [0.15, 0.2) is 0 Å². The molecule has 17 heavy (non-hydrogen) atoms. The third kappa shape index (κ3) is 7.51. The summed E-state index contributed by atoms with van der Waals surface area (Å²) in [5.74, 6) is 0.0889. The molecule has 0 saturated heterocycles. The van der Waals surface area contributed by atoms with E-state index < -0.39 is 18.1 Å². The van der Waals surface area contributed by atoms with Crippen LogP contribution < -0.4 is 11.1 Å². The maximum absolute atomic E-state index is 11.6. The third-order valence-corrected chi connectivity index (χ3v) is 3.48.